The van der Waals surface area contributed by atoms with Crippen LogP contribution >= 0.6 is 0 Å². The van der Waals surface area contributed by atoms with Crippen LogP contribution in [0, 0.1) is 0 Å². The molecule has 13 aromatic rings. The van der Waals surface area contributed by atoms with Gasteiger partial charge in [0.25, 0.3) is 0 Å². The second kappa shape index (κ2) is 13.7. The molecule has 0 atom stereocenters. The predicted molar refractivity (Wildman–Crippen MR) is 272 cm³/mol. The predicted octanol–water partition coefficient (Wildman–Crippen LogP) is 15.9. The minimum atomic E-state index is -0.175. The molecular weight excluding hydrogens is 805 g/mol. The van der Waals surface area contributed by atoms with E-state index in [0.717, 1.165) is 83.5 Å². The van der Waals surface area contributed by atoms with Crippen LogP contribution in [-0.4, -0.2) is 19.1 Å². The number of hydrogen-bond acceptors (Lipinski definition) is 3. The molecule has 310 valence electrons. The molecule has 0 N–H and O–H groups in total. The summed E-state index contributed by atoms with van der Waals surface area (Å²) in [5.74, 6) is 1.52. The molecule has 0 unspecified atom stereocenters. The lowest BCUT2D eigenvalue weighted by molar-refractivity contribution is 0.661. The van der Waals surface area contributed by atoms with Gasteiger partial charge in [0.2, 0.25) is 0 Å². The van der Waals surface area contributed by atoms with Crippen LogP contribution in [0.25, 0.3) is 122 Å². The molecule has 66 heavy (non-hydrogen) atoms. The number of nitrogens with zero attached hydrogens (tertiary/aromatic N) is 4. The molecule has 0 spiro atoms. The monoisotopic (exact) mass is 844 g/mol. The molecule has 0 bridgehead atoms. The SMILES string of the molecule is CC1(C)c2ccccc2-c2cc3c4cc(-c5ccc6c(c5)c5cc7c(cc5n6-c5ccccc5)oc5ccccc57)ccc4n(-c4cc(-c5ccccc5)nc(-c5ccccc5)n4)c3cc21. The maximum absolute atomic E-state index is 6.44. The topological polar surface area (TPSA) is 48.8 Å². The molecule has 5 nitrogen and oxygen atoms in total. The van der Waals surface area contributed by atoms with Gasteiger partial charge in [-0.05, 0) is 94.0 Å². The first-order valence-corrected chi connectivity index (χ1v) is 22.6. The van der Waals surface area contributed by atoms with Crippen LogP contribution in [0.15, 0.2) is 211 Å². The zero-order valence-electron chi connectivity index (χ0n) is 36.3. The van der Waals surface area contributed by atoms with Crippen LogP contribution in [0.1, 0.15) is 25.0 Å². The molecule has 1 aliphatic rings. The lowest BCUT2D eigenvalue weighted by Crippen LogP contribution is -2.15. The van der Waals surface area contributed by atoms with Gasteiger partial charge < -0.3 is 8.98 Å². The summed E-state index contributed by atoms with van der Waals surface area (Å²) in [4.78, 5) is 10.6. The van der Waals surface area contributed by atoms with E-state index < -0.39 is 0 Å². The van der Waals surface area contributed by atoms with Crippen molar-refractivity contribution in [1.29, 1.82) is 0 Å². The van der Waals surface area contributed by atoms with E-state index in [4.69, 9.17) is 14.4 Å². The van der Waals surface area contributed by atoms with Gasteiger partial charge in [0, 0.05) is 66.7 Å². The Bertz CT molecular complexity index is 4060. The summed E-state index contributed by atoms with van der Waals surface area (Å²) < 4.78 is 11.2. The van der Waals surface area contributed by atoms with Crippen molar-refractivity contribution in [2.45, 2.75) is 19.3 Å². The third-order valence-corrected chi connectivity index (χ3v) is 14.1. The Morgan fingerprint density at radius 1 is 0.379 bits per heavy atom. The minimum Gasteiger partial charge on any atom is -0.456 e. The van der Waals surface area contributed by atoms with Gasteiger partial charge in [-0.25, -0.2) is 9.97 Å². The first kappa shape index (κ1) is 36.9. The molecular formula is C61H40N4O. The van der Waals surface area contributed by atoms with Gasteiger partial charge in [0.1, 0.15) is 17.0 Å². The number of hydrogen-bond donors (Lipinski definition) is 0. The molecule has 1 aliphatic carbocycles. The van der Waals surface area contributed by atoms with Crippen LogP contribution in [-0.2, 0) is 5.41 Å². The van der Waals surface area contributed by atoms with Gasteiger partial charge in [0.15, 0.2) is 5.82 Å². The van der Waals surface area contributed by atoms with Gasteiger partial charge in [-0.2, -0.15) is 0 Å². The Morgan fingerprint density at radius 3 is 1.74 bits per heavy atom. The summed E-state index contributed by atoms with van der Waals surface area (Å²) >= 11 is 0. The van der Waals surface area contributed by atoms with Crippen molar-refractivity contribution in [3.63, 3.8) is 0 Å². The summed E-state index contributed by atoms with van der Waals surface area (Å²) in [6.07, 6.45) is 0. The molecule has 0 fully saturated rings. The molecule has 0 saturated carbocycles. The van der Waals surface area contributed by atoms with E-state index in [-0.39, 0.29) is 5.41 Å². The van der Waals surface area contributed by atoms with Crippen molar-refractivity contribution in [3.05, 3.63) is 217 Å². The Labute approximate surface area is 380 Å². The smallest absolute Gasteiger partial charge is 0.162 e. The fourth-order valence-corrected chi connectivity index (χ4v) is 10.9. The van der Waals surface area contributed by atoms with Crippen LogP contribution < -0.4 is 0 Å². The van der Waals surface area contributed by atoms with Crippen LogP contribution in [0.4, 0.5) is 0 Å². The quantitative estimate of drug-likeness (QED) is 0.173. The lowest BCUT2D eigenvalue weighted by atomic mass is 9.82. The molecule has 0 aliphatic heterocycles. The average Bonchev–Trinajstić information content (AvgIpc) is 4.07. The number of furan rings is 1. The van der Waals surface area contributed by atoms with E-state index in [1.54, 1.807) is 0 Å². The molecule has 5 heteroatoms. The van der Waals surface area contributed by atoms with Gasteiger partial charge in [0.05, 0.1) is 27.8 Å². The third-order valence-electron chi connectivity index (χ3n) is 14.1. The van der Waals surface area contributed by atoms with E-state index in [1.807, 2.05) is 18.2 Å². The van der Waals surface area contributed by atoms with E-state index in [2.05, 4.69) is 211 Å². The van der Waals surface area contributed by atoms with Crippen molar-refractivity contribution in [2.24, 2.45) is 0 Å². The normalized spacial score (nSPS) is 13.1. The number of aromatic nitrogens is 4. The van der Waals surface area contributed by atoms with Gasteiger partial charge in [-0.1, -0.05) is 147 Å². The van der Waals surface area contributed by atoms with Crippen molar-refractivity contribution >= 4 is 65.6 Å². The summed E-state index contributed by atoms with van der Waals surface area (Å²) in [5, 5.41) is 7.00. The summed E-state index contributed by atoms with van der Waals surface area (Å²) in [6, 6.07) is 74.1. The van der Waals surface area contributed by atoms with Crippen LogP contribution in [0.2, 0.25) is 0 Å². The molecule has 14 rings (SSSR count). The van der Waals surface area contributed by atoms with E-state index in [1.165, 1.54) is 43.8 Å². The molecule has 9 aromatic carbocycles. The van der Waals surface area contributed by atoms with Gasteiger partial charge in [-0.15, -0.1) is 0 Å². The Balaban J connectivity index is 1.03. The number of fused-ring (bicyclic) bond motifs is 12. The Hall–Kier alpha value is -8.54. The van der Waals surface area contributed by atoms with Gasteiger partial charge in [-0.3, -0.25) is 4.57 Å². The van der Waals surface area contributed by atoms with Crippen molar-refractivity contribution < 1.29 is 4.42 Å². The fourth-order valence-electron chi connectivity index (χ4n) is 10.9. The first-order chi connectivity index (χ1) is 32.5. The van der Waals surface area contributed by atoms with Crippen LogP contribution in [0.3, 0.4) is 0 Å². The molecule has 0 amide bonds. The highest BCUT2D eigenvalue weighted by Crippen LogP contribution is 2.51. The second-order valence-electron chi connectivity index (χ2n) is 18.2. The van der Waals surface area contributed by atoms with E-state index in [0.29, 0.717) is 5.82 Å². The maximum Gasteiger partial charge on any atom is 0.162 e. The summed E-state index contributed by atoms with van der Waals surface area (Å²) in [5.41, 5.74) is 17.7. The zero-order chi connectivity index (χ0) is 43.7. The Kier molecular flexibility index (Phi) is 7.68. The highest BCUT2D eigenvalue weighted by molar-refractivity contribution is 6.18. The minimum absolute atomic E-state index is 0.175. The molecule has 0 radical (unpaired) electrons. The average molecular weight is 845 g/mol. The van der Waals surface area contributed by atoms with E-state index in [9.17, 15) is 0 Å². The summed E-state index contributed by atoms with van der Waals surface area (Å²) in [6.45, 7) is 4.70. The van der Waals surface area contributed by atoms with Crippen molar-refractivity contribution in [2.75, 3.05) is 0 Å². The van der Waals surface area contributed by atoms with Crippen molar-refractivity contribution in [3.8, 4) is 56.4 Å². The number of benzene rings is 9. The Morgan fingerprint density at radius 2 is 0.985 bits per heavy atom. The standard InChI is InChI=1S/C61H40N4O/c1-61(2)50-24-14-12-22-42(50)44-32-47-46-31-40(27-29-54(46)65(55(47)34-51(44)61)59-35-52(37-16-6-3-7-17-37)62-60(63-59)38-18-8-4-9-19-38)39-26-28-53-45(30-39)48-33-49-43-23-13-15-25-57(43)66-58(49)36-56(48)64(53)41-20-10-5-11-21-41/h3-36H,1-2H3. The maximum atomic E-state index is 6.44. The third kappa shape index (κ3) is 5.34. The highest BCUT2D eigenvalue weighted by atomic mass is 16.3. The highest BCUT2D eigenvalue weighted by Gasteiger charge is 2.36. The molecule has 4 heterocycles. The molecule has 0 saturated heterocycles. The molecule has 4 aromatic heterocycles. The van der Waals surface area contributed by atoms with E-state index >= 15 is 0 Å². The zero-order valence-corrected chi connectivity index (χ0v) is 36.3. The first-order valence-electron chi connectivity index (χ1n) is 22.6. The number of para-hydroxylation sites is 2. The van der Waals surface area contributed by atoms with Gasteiger partial charge >= 0.3 is 0 Å². The lowest BCUT2D eigenvalue weighted by Gasteiger charge is -2.21. The van der Waals surface area contributed by atoms with Crippen LogP contribution in [0.5, 0.6) is 0 Å². The second-order valence-corrected chi connectivity index (χ2v) is 18.2. The largest absolute Gasteiger partial charge is 0.456 e. The number of rotatable bonds is 5. The summed E-state index contributed by atoms with van der Waals surface area (Å²) in [7, 11) is 0. The van der Waals surface area contributed by atoms with Crippen molar-refractivity contribution in [1.82, 2.24) is 19.1 Å². The fraction of sp³-hybridized carbons (Fsp3) is 0.0492.